The number of aryl methyl sites for hydroxylation is 1. The maximum Gasteiger partial charge on any atom is 0.373 e. The molecule has 0 radical (unpaired) electrons. The Bertz CT molecular complexity index is 584. The van der Waals surface area contributed by atoms with Gasteiger partial charge in [-0.2, -0.15) is 5.26 Å². The molecule has 122 valence electrons. The number of rotatable bonds is 4. The zero-order valence-electron chi connectivity index (χ0n) is 14.1. The average Bonchev–Trinajstić information content (AvgIpc) is 2.51. The van der Waals surface area contributed by atoms with Crippen LogP contribution in [0.25, 0.3) is 0 Å². The molecule has 1 saturated heterocycles. The van der Waals surface area contributed by atoms with Crippen LogP contribution in [-0.2, 0) is 5.41 Å². The van der Waals surface area contributed by atoms with Crippen LogP contribution in [0.2, 0.25) is 6.82 Å². The van der Waals surface area contributed by atoms with Gasteiger partial charge in [-0.3, -0.25) is 4.90 Å². The van der Waals surface area contributed by atoms with Crippen molar-refractivity contribution < 1.29 is 5.02 Å². The van der Waals surface area contributed by atoms with Crippen molar-refractivity contribution in [2.45, 2.75) is 56.9 Å². The number of benzene rings is 1. The average molecular weight is 311 g/mol. The lowest BCUT2D eigenvalue weighted by Crippen LogP contribution is -2.64. The van der Waals surface area contributed by atoms with Crippen LogP contribution in [0.3, 0.4) is 0 Å². The molecule has 1 aromatic rings. The van der Waals surface area contributed by atoms with Gasteiger partial charge in [-0.25, -0.2) is 0 Å². The molecule has 1 saturated carbocycles. The number of nitrogens with one attached hydrogen (secondary N) is 1. The molecule has 23 heavy (non-hydrogen) atoms. The molecular weight excluding hydrogens is 285 g/mol. The van der Waals surface area contributed by atoms with Gasteiger partial charge < -0.3 is 10.3 Å². The molecule has 2 N–H and O–H groups in total. The van der Waals surface area contributed by atoms with Gasteiger partial charge in [0.25, 0.3) is 0 Å². The Labute approximate surface area is 139 Å². The molecule has 3 rings (SSSR count). The predicted molar refractivity (Wildman–Crippen MR) is 93.1 cm³/mol. The van der Waals surface area contributed by atoms with Crippen molar-refractivity contribution in [3.05, 3.63) is 35.4 Å². The lowest BCUT2D eigenvalue weighted by molar-refractivity contribution is 0.0542. The summed E-state index contributed by atoms with van der Waals surface area (Å²) in [6.45, 7) is 5.91. The highest BCUT2D eigenvalue weighted by Gasteiger charge is 2.42. The molecule has 2 aliphatic rings. The molecule has 0 spiro atoms. The van der Waals surface area contributed by atoms with E-state index in [-0.39, 0.29) is 5.41 Å². The van der Waals surface area contributed by atoms with Crippen molar-refractivity contribution in [1.29, 1.82) is 5.26 Å². The summed E-state index contributed by atoms with van der Waals surface area (Å²) in [4.78, 5) is 2.50. The second-order valence-corrected chi connectivity index (χ2v) is 7.23. The summed E-state index contributed by atoms with van der Waals surface area (Å²) < 4.78 is 0. The van der Waals surface area contributed by atoms with E-state index in [0.717, 1.165) is 38.8 Å². The van der Waals surface area contributed by atoms with Crippen LogP contribution < -0.4 is 5.23 Å². The molecule has 0 bridgehead atoms. The molecule has 1 heterocycles. The second-order valence-electron chi connectivity index (χ2n) is 7.23. The SMILES string of the molecule is CB(O)NC1CN(C2CCC(C#N)(c3ccccc3C)CC2)C1. The van der Waals surface area contributed by atoms with Crippen molar-refractivity contribution in [2.75, 3.05) is 13.1 Å². The van der Waals surface area contributed by atoms with E-state index in [1.165, 1.54) is 11.1 Å². The molecule has 0 atom stereocenters. The van der Waals surface area contributed by atoms with Gasteiger partial charge in [0.1, 0.15) is 0 Å². The van der Waals surface area contributed by atoms with Gasteiger partial charge in [-0.15, -0.1) is 0 Å². The summed E-state index contributed by atoms with van der Waals surface area (Å²) in [6, 6.07) is 12.0. The molecule has 1 aromatic carbocycles. The van der Waals surface area contributed by atoms with Gasteiger partial charge in [0.15, 0.2) is 0 Å². The van der Waals surface area contributed by atoms with E-state index in [1.807, 2.05) is 6.07 Å². The molecule has 1 aliphatic heterocycles. The molecule has 0 amide bonds. The third-order valence-electron chi connectivity index (χ3n) is 5.59. The Morgan fingerprint density at radius 2 is 1.96 bits per heavy atom. The van der Waals surface area contributed by atoms with Crippen LogP contribution in [0.15, 0.2) is 24.3 Å². The van der Waals surface area contributed by atoms with Crippen molar-refractivity contribution in [3.63, 3.8) is 0 Å². The van der Waals surface area contributed by atoms with E-state index in [4.69, 9.17) is 0 Å². The lowest BCUT2D eigenvalue weighted by atomic mass is 9.67. The molecule has 2 fully saturated rings. The normalized spacial score (nSPS) is 28.9. The quantitative estimate of drug-likeness (QED) is 0.836. The highest BCUT2D eigenvalue weighted by atomic mass is 16.2. The van der Waals surface area contributed by atoms with Crippen molar-refractivity contribution in [1.82, 2.24) is 10.1 Å². The van der Waals surface area contributed by atoms with E-state index in [1.54, 1.807) is 6.82 Å². The fourth-order valence-corrected chi connectivity index (χ4v) is 4.27. The zero-order valence-corrected chi connectivity index (χ0v) is 14.1. The summed E-state index contributed by atoms with van der Waals surface area (Å²) in [6.07, 6.45) is 4.07. The van der Waals surface area contributed by atoms with E-state index in [9.17, 15) is 10.3 Å². The topological polar surface area (TPSA) is 59.3 Å². The summed E-state index contributed by atoms with van der Waals surface area (Å²) >= 11 is 0. The zero-order chi connectivity index (χ0) is 16.4. The lowest BCUT2D eigenvalue weighted by Gasteiger charge is -2.48. The standard InChI is InChI=1S/C18H26BN3O/c1-14-5-3-4-6-17(14)18(13-20)9-7-16(8-10-18)22-11-15(12-22)21-19(2)23/h3-6,15-16,21,23H,7-12H2,1-2H3. The first-order valence-corrected chi connectivity index (χ1v) is 8.69. The van der Waals surface area contributed by atoms with E-state index in [0.29, 0.717) is 12.1 Å². The summed E-state index contributed by atoms with van der Waals surface area (Å²) in [5.74, 6) is 0. The van der Waals surface area contributed by atoms with E-state index in [2.05, 4.69) is 41.3 Å². The summed E-state index contributed by atoms with van der Waals surface area (Å²) in [7, 11) is -0.430. The number of hydrogen-bond donors (Lipinski definition) is 2. The van der Waals surface area contributed by atoms with Crippen LogP contribution in [0.4, 0.5) is 0 Å². The molecule has 0 aromatic heterocycles. The Balaban J connectivity index is 1.60. The van der Waals surface area contributed by atoms with Crippen LogP contribution in [0.5, 0.6) is 0 Å². The van der Waals surface area contributed by atoms with Crippen LogP contribution in [0.1, 0.15) is 36.8 Å². The van der Waals surface area contributed by atoms with Gasteiger partial charge >= 0.3 is 7.05 Å². The molecule has 5 heteroatoms. The number of likely N-dealkylation sites (tertiary alicyclic amines) is 1. The Morgan fingerprint density at radius 1 is 1.30 bits per heavy atom. The minimum atomic E-state index is -0.430. The van der Waals surface area contributed by atoms with Gasteiger partial charge in [-0.1, -0.05) is 24.3 Å². The minimum Gasteiger partial charge on any atom is -0.437 e. The van der Waals surface area contributed by atoms with E-state index < -0.39 is 7.05 Å². The van der Waals surface area contributed by atoms with Gasteiger partial charge in [0.2, 0.25) is 0 Å². The van der Waals surface area contributed by atoms with Gasteiger partial charge in [0.05, 0.1) is 11.5 Å². The first kappa shape index (κ1) is 16.5. The maximum atomic E-state index is 9.86. The fraction of sp³-hybridized carbons (Fsp3) is 0.611. The van der Waals surface area contributed by atoms with Crippen molar-refractivity contribution in [2.24, 2.45) is 0 Å². The minimum absolute atomic E-state index is 0.302. The third-order valence-corrected chi connectivity index (χ3v) is 5.59. The first-order chi connectivity index (χ1) is 11.0. The number of nitrogens with zero attached hydrogens (tertiary/aromatic N) is 2. The Morgan fingerprint density at radius 3 is 2.52 bits per heavy atom. The van der Waals surface area contributed by atoms with Crippen LogP contribution >= 0.6 is 0 Å². The first-order valence-electron chi connectivity index (χ1n) is 8.69. The van der Waals surface area contributed by atoms with E-state index >= 15 is 0 Å². The highest BCUT2D eigenvalue weighted by molar-refractivity contribution is 6.45. The van der Waals surface area contributed by atoms with Gasteiger partial charge in [0, 0.05) is 25.2 Å². The Hall–Kier alpha value is -1.35. The smallest absolute Gasteiger partial charge is 0.373 e. The monoisotopic (exact) mass is 311 g/mol. The Kier molecular flexibility index (Phi) is 4.77. The molecule has 1 aliphatic carbocycles. The molecule has 4 nitrogen and oxygen atoms in total. The van der Waals surface area contributed by atoms with Crippen molar-refractivity contribution >= 4 is 7.05 Å². The van der Waals surface area contributed by atoms with Crippen molar-refractivity contribution in [3.8, 4) is 6.07 Å². The predicted octanol–water partition coefficient (Wildman–Crippen LogP) is 2.08. The highest BCUT2D eigenvalue weighted by Crippen LogP contribution is 2.42. The largest absolute Gasteiger partial charge is 0.437 e. The summed E-state index contributed by atoms with van der Waals surface area (Å²) in [5.41, 5.74) is 2.15. The molecular formula is C18H26BN3O. The fourth-order valence-electron chi connectivity index (χ4n) is 4.27. The summed E-state index contributed by atoms with van der Waals surface area (Å²) in [5, 5.41) is 22.4. The molecule has 0 unspecified atom stereocenters. The second kappa shape index (κ2) is 6.64. The number of hydrogen-bond acceptors (Lipinski definition) is 4. The van der Waals surface area contributed by atoms with Crippen LogP contribution in [0, 0.1) is 18.3 Å². The third kappa shape index (κ3) is 3.30. The number of nitriles is 1. The van der Waals surface area contributed by atoms with Crippen LogP contribution in [-0.4, -0.2) is 42.1 Å². The maximum absolute atomic E-state index is 9.86. The van der Waals surface area contributed by atoms with Gasteiger partial charge in [-0.05, 0) is 50.6 Å².